The number of para-hydroxylation sites is 1. The molecule has 112 valence electrons. The number of fused-ring (bicyclic) bond motifs is 1. The van der Waals surface area contributed by atoms with E-state index in [0.29, 0.717) is 10.9 Å². The Morgan fingerprint density at radius 3 is 2.68 bits per heavy atom. The molecule has 9 nitrogen and oxygen atoms in total. The number of nitrogens with zero attached hydrogens (tertiary/aromatic N) is 4. The monoisotopic (exact) mass is 300 g/mol. The van der Waals surface area contributed by atoms with Crippen molar-refractivity contribution in [2.45, 2.75) is 13.0 Å². The lowest BCUT2D eigenvalue weighted by Gasteiger charge is -2.07. The van der Waals surface area contributed by atoms with Crippen LogP contribution < -0.4 is 16.7 Å². The van der Waals surface area contributed by atoms with E-state index in [2.05, 4.69) is 20.6 Å². The number of carbonyl (C=O) groups excluding carboxylic acids is 1. The molecular weight excluding hydrogens is 288 g/mol. The molecule has 0 aliphatic carbocycles. The van der Waals surface area contributed by atoms with Crippen LogP contribution in [0.3, 0.4) is 0 Å². The summed E-state index contributed by atoms with van der Waals surface area (Å²) in [5, 5.41) is 7.49. The maximum Gasteiger partial charge on any atom is 0.328 e. The topological polar surface area (TPSA) is 115 Å². The number of hydrogen-bond donors (Lipinski definition) is 2. The number of nitrogens with one attached hydrogen (secondary N) is 2. The Hall–Kier alpha value is -3.23. The smallest absolute Gasteiger partial charge is 0.307 e. The molecule has 0 atom stereocenters. The highest BCUT2D eigenvalue weighted by Gasteiger charge is 2.09. The van der Waals surface area contributed by atoms with E-state index in [1.807, 2.05) is 0 Å². The van der Waals surface area contributed by atoms with Gasteiger partial charge < -0.3 is 4.98 Å². The van der Waals surface area contributed by atoms with Crippen molar-refractivity contribution in [1.82, 2.24) is 24.4 Å². The van der Waals surface area contributed by atoms with Crippen LogP contribution >= 0.6 is 0 Å². The summed E-state index contributed by atoms with van der Waals surface area (Å²) in [4.78, 5) is 38.6. The average molecular weight is 300 g/mol. The van der Waals surface area contributed by atoms with Crippen molar-refractivity contribution in [1.29, 1.82) is 0 Å². The number of aromatic amines is 1. The van der Waals surface area contributed by atoms with Crippen LogP contribution in [0.2, 0.25) is 0 Å². The highest BCUT2D eigenvalue weighted by Crippen LogP contribution is 2.03. The summed E-state index contributed by atoms with van der Waals surface area (Å²) < 4.78 is 2.30. The van der Waals surface area contributed by atoms with Crippen LogP contribution in [0.15, 0.2) is 46.5 Å². The van der Waals surface area contributed by atoms with Crippen molar-refractivity contribution < 1.29 is 4.79 Å². The third kappa shape index (κ3) is 2.64. The number of amides is 1. The zero-order valence-corrected chi connectivity index (χ0v) is 11.4. The van der Waals surface area contributed by atoms with E-state index in [1.54, 1.807) is 24.3 Å². The summed E-state index contributed by atoms with van der Waals surface area (Å²) in [5.74, 6) is -0.362. The molecule has 9 heteroatoms. The van der Waals surface area contributed by atoms with E-state index < -0.39 is 11.2 Å². The van der Waals surface area contributed by atoms with Crippen molar-refractivity contribution >= 4 is 16.8 Å². The summed E-state index contributed by atoms with van der Waals surface area (Å²) in [6.07, 6.45) is 2.62. The first kappa shape index (κ1) is 13.7. The van der Waals surface area contributed by atoms with Crippen LogP contribution in [0.5, 0.6) is 0 Å². The molecule has 0 saturated carbocycles. The molecule has 2 aromatic heterocycles. The Bertz CT molecular complexity index is 925. The van der Waals surface area contributed by atoms with Crippen LogP contribution in [0.25, 0.3) is 10.9 Å². The van der Waals surface area contributed by atoms with Crippen molar-refractivity contribution in [2.75, 3.05) is 5.43 Å². The summed E-state index contributed by atoms with van der Waals surface area (Å²) >= 11 is 0. The van der Waals surface area contributed by atoms with Gasteiger partial charge in [0, 0.05) is 13.0 Å². The van der Waals surface area contributed by atoms with Gasteiger partial charge in [-0.3, -0.25) is 19.6 Å². The van der Waals surface area contributed by atoms with Gasteiger partial charge >= 0.3 is 5.69 Å². The van der Waals surface area contributed by atoms with Crippen molar-refractivity contribution in [3.8, 4) is 0 Å². The fraction of sp³-hybridized carbons (Fsp3) is 0.154. The largest absolute Gasteiger partial charge is 0.328 e. The van der Waals surface area contributed by atoms with E-state index in [-0.39, 0.29) is 18.9 Å². The SMILES string of the molecule is O=C(CCn1c(=O)[nH]c2ccccc2c1=O)Nn1cnnc1. The normalized spacial score (nSPS) is 10.7. The lowest BCUT2D eigenvalue weighted by atomic mass is 10.2. The number of H-pyrrole nitrogens is 1. The van der Waals surface area contributed by atoms with E-state index in [0.717, 1.165) is 4.57 Å². The zero-order valence-electron chi connectivity index (χ0n) is 11.4. The number of aromatic nitrogens is 5. The van der Waals surface area contributed by atoms with Crippen LogP contribution in [0.1, 0.15) is 6.42 Å². The Kier molecular flexibility index (Phi) is 3.52. The summed E-state index contributed by atoms with van der Waals surface area (Å²) in [5.41, 5.74) is 2.01. The third-order valence-electron chi connectivity index (χ3n) is 3.12. The first-order valence-corrected chi connectivity index (χ1v) is 6.51. The van der Waals surface area contributed by atoms with Gasteiger partial charge in [0.15, 0.2) is 0 Å². The maximum atomic E-state index is 12.3. The second-order valence-electron chi connectivity index (χ2n) is 4.59. The molecule has 0 saturated heterocycles. The second-order valence-corrected chi connectivity index (χ2v) is 4.59. The van der Waals surface area contributed by atoms with Crippen LogP contribution in [0.4, 0.5) is 0 Å². The molecule has 2 heterocycles. The van der Waals surface area contributed by atoms with Crippen LogP contribution in [0, 0.1) is 0 Å². The molecule has 0 fully saturated rings. The standard InChI is InChI=1S/C13H12N6O3/c20-11(17-18-7-14-15-8-18)5-6-19-12(21)9-3-1-2-4-10(9)16-13(19)22/h1-4,7-8H,5-6H2,(H,16,22)(H,17,20). The molecule has 2 N–H and O–H groups in total. The summed E-state index contributed by atoms with van der Waals surface area (Å²) in [6.45, 7) is -0.0209. The Balaban J connectivity index is 1.81. The van der Waals surface area contributed by atoms with Gasteiger partial charge in [-0.1, -0.05) is 12.1 Å². The van der Waals surface area contributed by atoms with Gasteiger partial charge in [-0.05, 0) is 12.1 Å². The fourth-order valence-electron chi connectivity index (χ4n) is 2.07. The molecule has 22 heavy (non-hydrogen) atoms. The fourth-order valence-corrected chi connectivity index (χ4v) is 2.07. The number of hydrogen-bond acceptors (Lipinski definition) is 5. The minimum absolute atomic E-state index is 0.0209. The maximum absolute atomic E-state index is 12.3. The predicted octanol–water partition coefficient (Wildman–Crippen LogP) is -0.558. The highest BCUT2D eigenvalue weighted by atomic mass is 16.2. The average Bonchev–Trinajstić information content (AvgIpc) is 3.00. The van der Waals surface area contributed by atoms with Gasteiger partial charge in [-0.15, -0.1) is 10.2 Å². The molecule has 0 unspecified atom stereocenters. The molecule has 0 aliphatic heterocycles. The summed E-state index contributed by atoms with van der Waals surface area (Å²) in [7, 11) is 0. The first-order chi connectivity index (χ1) is 10.6. The van der Waals surface area contributed by atoms with Gasteiger partial charge in [0.1, 0.15) is 12.7 Å². The minimum atomic E-state index is -0.541. The molecule has 0 bridgehead atoms. The second kappa shape index (κ2) is 5.64. The zero-order chi connectivity index (χ0) is 15.5. The predicted molar refractivity (Wildman–Crippen MR) is 77.8 cm³/mol. The van der Waals surface area contributed by atoms with Crippen LogP contribution in [-0.4, -0.2) is 30.3 Å². The molecule has 0 spiro atoms. The molecular formula is C13H12N6O3. The molecule has 1 aromatic carbocycles. The van der Waals surface area contributed by atoms with Crippen molar-refractivity contribution in [3.63, 3.8) is 0 Å². The quantitative estimate of drug-likeness (QED) is 0.670. The van der Waals surface area contributed by atoms with E-state index >= 15 is 0 Å². The Labute approximate surface area is 123 Å². The van der Waals surface area contributed by atoms with Gasteiger partial charge in [-0.25, -0.2) is 9.47 Å². The lowest BCUT2D eigenvalue weighted by molar-refractivity contribution is -0.117. The summed E-state index contributed by atoms with van der Waals surface area (Å²) in [6, 6.07) is 6.72. The van der Waals surface area contributed by atoms with E-state index in [9.17, 15) is 14.4 Å². The Morgan fingerprint density at radius 1 is 1.18 bits per heavy atom. The molecule has 0 aliphatic rings. The minimum Gasteiger partial charge on any atom is -0.307 e. The molecule has 3 aromatic rings. The molecule has 1 amide bonds. The van der Waals surface area contributed by atoms with Crippen molar-refractivity contribution in [3.05, 3.63) is 57.8 Å². The number of rotatable bonds is 4. The molecule has 0 radical (unpaired) electrons. The van der Waals surface area contributed by atoms with Crippen molar-refractivity contribution in [2.24, 2.45) is 0 Å². The third-order valence-corrected chi connectivity index (χ3v) is 3.12. The number of benzene rings is 1. The lowest BCUT2D eigenvalue weighted by Crippen LogP contribution is -2.36. The van der Waals surface area contributed by atoms with Gasteiger partial charge in [0.05, 0.1) is 10.9 Å². The highest BCUT2D eigenvalue weighted by molar-refractivity contribution is 5.83. The first-order valence-electron chi connectivity index (χ1n) is 6.51. The van der Waals surface area contributed by atoms with E-state index in [1.165, 1.54) is 17.3 Å². The van der Waals surface area contributed by atoms with Crippen LogP contribution in [-0.2, 0) is 11.3 Å². The van der Waals surface area contributed by atoms with Gasteiger partial charge in [-0.2, -0.15) is 0 Å². The van der Waals surface area contributed by atoms with Gasteiger partial charge in [0.25, 0.3) is 5.56 Å². The Morgan fingerprint density at radius 2 is 1.91 bits per heavy atom. The van der Waals surface area contributed by atoms with Gasteiger partial charge in [0.2, 0.25) is 5.91 Å². The number of carbonyl (C=O) groups is 1. The molecule has 3 rings (SSSR count). The van der Waals surface area contributed by atoms with E-state index in [4.69, 9.17) is 0 Å².